The number of ether oxygens (including phenoxy) is 4. The molecular formula is C16H23NO6. The van der Waals surface area contributed by atoms with Crippen molar-refractivity contribution < 1.29 is 28.5 Å². The fourth-order valence-corrected chi connectivity index (χ4v) is 1.98. The van der Waals surface area contributed by atoms with Gasteiger partial charge in [-0.15, -0.1) is 0 Å². The molecule has 128 valence electrons. The predicted molar refractivity (Wildman–Crippen MR) is 83.8 cm³/mol. The van der Waals surface area contributed by atoms with Crippen molar-refractivity contribution in [2.24, 2.45) is 0 Å². The number of carbonyl (C=O) groups excluding carboxylic acids is 2. The first-order valence-corrected chi connectivity index (χ1v) is 7.26. The number of hydrogen-bond donors (Lipinski definition) is 1. The molecule has 0 aliphatic carbocycles. The highest BCUT2D eigenvalue weighted by atomic mass is 16.5. The Labute approximate surface area is 135 Å². The van der Waals surface area contributed by atoms with Crippen molar-refractivity contribution in [1.29, 1.82) is 0 Å². The third-order valence-electron chi connectivity index (χ3n) is 3.08. The monoisotopic (exact) mass is 325 g/mol. The van der Waals surface area contributed by atoms with E-state index in [1.54, 1.807) is 19.1 Å². The highest BCUT2D eigenvalue weighted by molar-refractivity contribution is 5.81. The van der Waals surface area contributed by atoms with Crippen molar-refractivity contribution in [2.45, 2.75) is 26.3 Å². The van der Waals surface area contributed by atoms with Crippen LogP contribution in [-0.2, 0) is 20.9 Å². The minimum absolute atomic E-state index is 0.0644. The molecule has 1 N–H and O–H groups in total. The summed E-state index contributed by atoms with van der Waals surface area (Å²) < 4.78 is 20.5. The summed E-state index contributed by atoms with van der Waals surface area (Å²) in [5, 5.41) is 2.74. The Morgan fingerprint density at radius 3 is 2.09 bits per heavy atom. The lowest BCUT2D eigenvalue weighted by atomic mass is 10.1. The summed E-state index contributed by atoms with van der Waals surface area (Å²) in [6.07, 6.45) is 0.151. The standard InChI is InChI=1S/C16H23NO6/c1-5-23-15(19)7-6-14(18)17-10-11-8-12(20-2)16(22-4)13(9-11)21-3/h8-9H,5-7,10H2,1-4H3,(H,17,18). The average molecular weight is 325 g/mol. The van der Waals surface area contributed by atoms with Crippen LogP contribution in [0.2, 0.25) is 0 Å². The van der Waals surface area contributed by atoms with Crippen LogP contribution in [0.5, 0.6) is 17.2 Å². The lowest BCUT2D eigenvalue weighted by Crippen LogP contribution is -2.23. The van der Waals surface area contributed by atoms with Crippen LogP contribution in [0.4, 0.5) is 0 Å². The maximum atomic E-state index is 11.8. The van der Waals surface area contributed by atoms with Gasteiger partial charge in [0.1, 0.15) is 0 Å². The number of amides is 1. The molecular weight excluding hydrogens is 302 g/mol. The van der Waals surface area contributed by atoms with Gasteiger partial charge in [0.25, 0.3) is 0 Å². The molecule has 1 amide bonds. The molecule has 7 heteroatoms. The second kappa shape index (κ2) is 9.55. The van der Waals surface area contributed by atoms with Crippen LogP contribution in [0.1, 0.15) is 25.3 Å². The van der Waals surface area contributed by atoms with E-state index >= 15 is 0 Å². The fourth-order valence-electron chi connectivity index (χ4n) is 1.98. The number of carbonyl (C=O) groups is 2. The number of nitrogens with one attached hydrogen (secondary N) is 1. The van der Waals surface area contributed by atoms with Gasteiger partial charge >= 0.3 is 5.97 Å². The summed E-state index contributed by atoms with van der Waals surface area (Å²) in [6.45, 7) is 2.33. The van der Waals surface area contributed by atoms with Crippen molar-refractivity contribution in [1.82, 2.24) is 5.32 Å². The SMILES string of the molecule is CCOC(=O)CCC(=O)NCc1cc(OC)c(OC)c(OC)c1. The molecule has 0 aromatic heterocycles. The van der Waals surface area contributed by atoms with Gasteiger partial charge in [-0.05, 0) is 24.6 Å². The van der Waals surface area contributed by atoms with Crippen molar-refractivity contribution >= 4 is 11.9 Å². The van der Waals surface area contributed by atoms with Gasteiger partial charge in [0.2, 0.25) is 11.7 Å². The summed E-state index contributed by atoms with van der Waals surface area (Å²) in [4.78, 5) is 23.0. The van der Waals surface area contributed by atoms with Crippen LogP contribution in [0.15, 0.2) is 12.1 Å². The minimum atomic E-state index is -0.379. The highest BCUT2D eigenvalue weighted by Crippen LogP contribution is 2.38. The lowest BCUT2D eigenvalue weighted by molar-refractivity contribution is -0.144. The molecule has 0 fully saturated rings. The Morgan fingerprint density at radius 1 is 1.00 bits per heavy atom. The maximum Gasteiger partial charge on any atom is 0.306 e. The van der Waals surface area contributed by atoms with Gasteiger partial charge in [-0.1, -0.05) is 0 Å². The summed E-state index contributed by atoms with van der Waals surface area (Å²) in [6, 6.07) is 3.51. The molecule has 0 saturated carbocycles. The molecule has 1 aromatic carbocycles. The van der Waals surface area contributed by atoms with Crippen molar-refractivity contribution in [3.63, 3.8) is 0 Å². The number of benzene rings is 1. The van der Waals surface area contributed by atoms with E-state index in [4.69, 9.17) is 18.9 Å². The molecule has 0 spiro atoms. The van der Waals surface area contributed by atoms with Crippen molar-refractivity contribution in [2.75, 3.05) is 27.9 Å². The van der Waals surface area contributed by atoms with Gasteiger partial charge in [0.05, 0.1) is 34.4 Å². The molecule has 1 rings (SSSR count). The predicted octanol–water partition coefficient (Wildman–Crippen LogP) is 1.67. The van der Waals surface area contributed by atoms with E-state index in [0.717, 1.165) is 5.56 Å². The molecule has 0 aliphatic heterocycles. The Balaban J connectivity index is 2.63. The number of esters is 1. The largest absolute Gasteiger partial charge is 0.493 e. The highest BCUT2D eigenvalue weighted by Gasteiger charge is 2.14. The zero-order valence-electron chi connectivity index (χ0n) is 13.9. The molecule has 0 aliphatic rings. The van der Waals surface area contributed by atoms with Gasteiger partial charge in [0, 0.05) is 13.0 Å². The van der Waals surface area contributed by atoms with Crippen LogP contribution in [0, 0.1) is 0 Å². The molecule has 0 heterocycles. The van der Waals surface area contributed by atoms with E-state index < -0.39 is 0 Å². The Kier molecular flexibility index (Phi) is 7.73. The summed E-state index contributed by atoms with van der Waals surface area (Å²) in [5.74, 6) is 0.917. The summed E-state index contributed by atoms with van der Waals surface area (Å²) >= 11 is 0. The van der Waals surface area contributed by atoms with Crippen LogP contribution in [0.25, 0.3) is 0 Å². The topological polar surface area (TPSA) is 83.1 Å². The van der Waals surface area contributed by atoms with Gasteiger partial charge in [0.15, 0.2) is 11.5 Å². The van der Waals surface area contributed by atoms with E-state index in [2.05, 4.69) is 5.32 Å². The van der Waals surface area contributed by atoms with Crippen molar-refractivity contribution in [3.05, 3.63) is 17.7 Å². The second-order valence-corrected chi connectivity index (χ2v) is 4.62. The van der Waals surface area contributed by atoms with E-state index in [9.17, 15) is 9.59 Å². The van der Waals surface area contributed by atoms with Crippen LogP contribution in [0.3, 0.4) is 0 Å². The normalized spacial score (nSPS) is 9.91. The molecule has 1 aromatic rings. The molecule has 0 radical (unpaired) electrons. The van der Waals surface area contributed by atoms with Gasteiger partial charge in [-0.25, -0.2) is 0 Å². The maximum absolute atomic E-state index is 11.8. The first kappa shape index (κ1) is 18.6. The molecule has 7 nitrogen and oxygen atoms in total. The van der Waals surface area contributed by atoms with Gasteiger partial charge in [-0.3, -0.25) is 9.59 Å². The Bertz CT molecular complexity index is 518. The lowest BCUT2D eigenvalue weighted by Gasteiger charge is -2.14. The molecule has 0 bridgehead atoms. The quantitative estimate of drug-likeness (QED) is 0.696. The van der Waals surface area contributed by atoms with E-state index in [1.807, 2.05) is 0 Å². The van der Waals surface area contributed by atoms with Crippen molar-refractivity contribution in [3.8, 4) is 17.2 Å². The summed E-state index contributed by atoms with van der Waals surface area (Å²) in [5.41, 5.74) is 0.795. The van der Waals surface area contributed by atoms with Crippen LogP contribution in [-0.4, -0.2) is 39.8 Å². The van der Waals surface area contributed by atoms with Crippen LogP contribution < -0.4 is 19.5 Å². The van der Waals surface area contributed by atoms with E-state index in [1.165, 1.54) is 21.3 Å². The minimum Gasteiger partial charge on any atom is -0.493 e. The first-order valence-electron chi connectivity index (χ1n) is 7.26. The van der Waals surface area contributed by atoms with E-state index in [-0.39, 0.29) is 24.7 Å². The Hall–Kier alpha value is -2.44. The third-order valence-corrected chi connectivity index (χ3v) is 3.08. The average Bonchev–Trinajstić information content (AvgIpc) is 2.57. The Morgan fingerprint density at radius 2 is 1.61 bits per heavy atom. The summed E-state index contributed by atoms with van der Waals surface area (Å²) in [7, 11) is 4.58. The zero-order chi connectivity index (χ0) is 17.2. The molecule has 23 heavy (non-hydrogen) atoms. The fraction of sp³-hybridized carbons (Fsp3) is 0.500. The van der Waals surface area contributed by atoms with E-state index in [0.29, 0.717) is 30.4 Å². The molecule has 0 unspecified atom stereocenters. The third kappa shape index (κ3) is 5.69. The number of methoxy groups -OCH3 is 3. The van der Waals surface area contributed by atoms with Gasteiger partial charge in [-0.2, -0.15) is 0 Å². The number of hydrogen-bond acceptors (Lipinski definition) is 6. The van der Waals surface area contributed by atoms with Crippen LogP contribution >= 0.6 is 0 Å². The first-order chi connectivity index (χ1) is 11.0. The zero-order valence-corrected chi connectivity index (χ0v) is 13.9. The molecule has 0 atom stereocenters. The number of rotatable bonds is 9. The second-order valence-electron chi connectivity index (χ2n) is 4.62. The smallest absolute Gasteiger partial charge is 0.306 e. The van der Waals surface area contributed by atoms with Gasteiger partial charge < -0.3 is 24.3 Å². The molecule has 0 saturated heterocycles.